The molecule has 0 bridgehead atoms. The van der Waals surface area contributed by atoms with Gasteiger partial charge in [0.05, 0.1) is 46.8 Å². The van der Waals surface area contributed by atoms with Crippen LogP contribution in [0.2, 0.25) is 0 Å². The molecular formula is C14H28O6. The van der Waals surface area contributed by atoms with Gasteiger partial charge in [0.15, 0.2) is 0 Å². The zero-order valence-corrected chi connectivity index (χ0v) is 12.7. The molecule has 0 aliphatic carbocycles. The summed E-state index contributed by atoms with van der Waals surface area (Å²) in [6, 6.07) is 0. The lowest BCUT2D eigenvalue weighted by Gasteiger charge is -2.07. The Morgan fingerprint density at radius 1 is 0.750 bits per heavy atom. The minimum absolute atomic E-state index is 0.204. The van der Waals surface area contributed by atoms with E-state index in [9.17, 15) is 4.79 Å². The molecule has 0 rings (SSSR count). The summed E-state index contributed by atoms with van der Waals surface area (Å²) in [6.07, 6.45) is 2.10. The van der Waals surface area contributed by atoms with Crippen LogP contribution in [0, 0.1) is 0 Å². The minimum Gasteiger partial charge on any atom is -0.469 e. The molecule has 0 amide bonds. The molecule has 0 radical (unpaired) electrons. The maximum absolute atomic E-state index is 10.8. The summed E-state index contributed by atoms with van der Waals surface area (Å²) in [7, 11) is 1.38. The highest BCUT2D eigenvalue weighted by Crippen LogP contribution is 1.92. The fraction of sp³-hybridized carbons (Fsp3) is 0.929. The third-order valence-electron chi connectivity index (χ3n) is 2.36. The number of carbonyl (C=O) groups is 1. The van der Waals surface area contributed by atoms with Crippen molar-refractivity contribution in [1.29, 1.82) is 0 Å². The van der Waals surface area contributed by atoms with Gasteiger partial charge >= 0.3 is 5.97 Å². The van der Waals surface area contributed by atoms with E-state index in [1.807, 2.05) is 0 Å². The smallest absolute Gasteiger partial charge is 0.305 e. The Morgan fingerprint density at radius 2 is 1.20 bits per heavy atom. The van der Waals surface area contributed by atoms with Crippen molar-refractivity contribution in [3.63, 3.8) is 0 Å². The Morgan fingerprint density at radius 3 is 1.65 bits per heavy atom. The van der Waals surface area contributed by atoms with E-state index in [1.54, 1.807) is 0 Å². The Balaban J connectivity index is 2.97. The van der Waals surface area contributed by atoms with Crippen molar-refractivity contribution in [2.24, 2.45) is 0 Å². The summed E-state index contributed by atoms with van der Waals surface area (Å²) in [4.78, 5) is 10.8. The Labute approximate surface area is 121 Å². The van der Waals surface area contributed by atoms with Gasteiger partial charge in [-0.05, 0) is 12.8 Å². The fourth-order valence-electron chi connectivity index (χ4n) is 1.33. The lowest BCUT2D eigenvalue weighted by atomic mass is 10.3. The summed E-state index contributed by atoms with van der Waals surface area (Å²) >= 11 is 0. The maximum atomic E-state index is 10.8. The quantitative estimate of drug-likeness (QED) is 0.336. The van der Waals surface area contributed by atoms with Crippen LogP contribution < -0.4 is 0 Å². The molecule has 0 spiro atoms. The zero-order chi connectivity index (χ0) is 14.9. The van der Waals surface area contributed by atoms with Crippen molar-refractivity contribution >= 4 is 5.97 Å². The molecule has 0 fully saturated rings. The van der Waals surface area contributed by atoms with Crippen molar-refractivity contribution in [3.05, 3.63) is 0 Å². The number of esters is 1. The normalized spacial score (nSPS) is 10.7. The number of ether oxygens (including phenoxy) is 5. The highest BCUT2D eigenvalue weighted by atomic mass is 16.6. The van der Waals surface area contributed by atoms with E-state index in [0.29, 0.717) is 59.1 Å². The molecule has 0 aliphatic rings. The lowest BCUT2D eigenvalue weighted by molar-refractivity contribution is -0.141. The van der Waals surface area contributed by atoms with Crippen molar-refractivity contribution in [2.45, 2.75) is 26.2 Å². The van der Waals surface area contributed by atoms with Gasteiger partial charge in [-0.3, -0.25) is 4.79 Å². The largest absolute Gasteiger partial charge is 0.469 e. The van der Waals surface area contributed by atoms with Gasteiger partial charge in [0.2, 0.25) is 0 Å². The number of hydrogen-bond acceptors (Lipinski definition) is 6. The van der Waals surface area contributed by atoms with Crippen LogP contribution in [0.3, 0.4) is 0 Å². The first-order valence-corrected chi connectivity index (χ1v) is 7.19. The summed E-state index contributed by atoms with van der Waals surface area (Å²) in [5.74, 6) is -0.204. The molecular weight excluding hydrogens is 264 g/mol. The van der Waals surface area contributed by atoms with E-state index in [-0.39, 0.29) is 5.97 Å². The standard InChI is InChI=1S/C14H28O6/c1-3-6-17-8-10-19-12-13-20-11-9-18-7-4-5-14(15)16-2/h3-13H2,1-2H3. The topological polar surface area (TPSA) is 63.2 Å². The molecule has 0 saturated heterocycles. The summed E-state index contributed by atoms with van der Waals surface area (Å²) < 4.78 is 25.7. The van der Waals surface area contributed by atoms with Gasteiger partial charge in [-0.25, -0.2) is 0 Å². The van der Waals surface area contributed by atoms with Gasteiger partial charge in [-0.15, -0.1) is 0 Å². The first kappa shape index (κ1) is 19.3. The molecule has 0 aromatic carbocycles. The first-order valence-electron chi connectivity index (χ1n) is 7.19. The van der Waals surface area contributed by atoms with Gasteiger partial charge in [0.25, 0.3) is 0 Å². The second-order valence-corrected chi connectivity index (χ2v) is 4.13. The van der Waals surface area contributed by atoms with Gasteiger partial charge in [-0.1, -0.05) is 6.92 Å². The summed E-state index contributed by atoms with van der Waals surface area (Å²) in [5.41, 5.74) is 0. The first-order chi connectivity index (χ1) is 9.81. The van der Waals surface area contributed by atoms with Gasteiger partial charge < -0.3 is 23.7 Å². The van der Waals surface area contributed by atoms with E-state index in [4.69, 9.17) is 18.9 Å². The van der Waals surface area contributed by atoms with E-state index in [0.717, 1.165) is 13.0 Å². The number of methoxy groups -OCH3 is 1. The highest BCUT2D eigenvalue weighted by Gasteiger charge is 1.99. The number of carbonyl (C=O) groups excluding carboxylic acids is 1. The Bertz CT molecular complexity index is 210. The van der Waals surface area contributed by atoms with E-state index in [2.05, 4.69) is 11.7 Å². The van der Waals surface area contributed by atoms with Crippen LogP contribution in [0.15, 0.2) is 0 Å². The third kappa shape index (κ3) is 15.4. The van der Waals surface area contributed by atoms with Crippen molar-refractivity contribution in [1.82, 2.24) is 0 Å². The molecule has 120 valence electrons. The van der Waals surface area contributed by atoms with Gasteiger partial charge in [0.1, 0.15) is 0 Å². The molecule has 20 heavy (non-hydrogen) atoms. The van der Waals surface area contributed by atoms with E-state index >= 15 is 0 Å². The summed E-state index contributed by atoms with van der Waals surface area (Å²) in [6.45, 7) is 6.83. The predicted octanol–water partition coefficient (Wildman–Crippen LogP) is 1.42. The average Bonchev–Trinajstić information content (AvgIpc) is 2.47. The predicted molar refractivity (Wildman–Crippen MR) is 74.8 cm³/mol. The van der Waals surface area contributed by atoms with Gasteiger partial charge in [-0.2, -0.15) is 0 Å². The highest BCUT2D eigenvalue weighted by molar-refractivity contribution is 5.68. The van der Waals surface area contributed by atoms with Crippen molar-refractivity contribution in [2.75, 3.05) is 60.0 Å². The number of hydrogen-bond donors (Lipinski definition) is 0. The maximum Gasteiger partial charge on any atom is 0.305 e. The molecule has 0 aromatic heterocycles. The third-order valence-corrected chi connectivity index (χ3v) is 2.36. The average molecular weight is 292 g/mol. The van der Waals surface area contributed by atoms with Crippen LogP contribution in [-0.4, -0.2) is 65.9 Å². The molecule has 0 saturated carbocycles. The van der Waals surface area contributed by atoms with Crippen molar-refractivity contribution < 1.29 is 28.5 Å². The molecule has 0 unspecified atom stereocenters. The summed E-state index contributed by atoms with van der Waals surface area (Å²) in [5, 5.41) is 0. The van der Waals surface area contributed by atoms with Crippen LogP contribution in [-0.2, 0) is 28.5 Å². The molecule has 0 aromatic rings. The van der Waals surface area contributed by atoms with Crippen LogP contribution in [0.1, 0.15) is 26.2 Å². The lowest BCUT2D eigenvalue weighted by Crippen LogP contribution is -2.12. The van der Waals surface area contributed by atoms with E-state index in [1.165, 1.54) is 7.11 Å². The van der Waals surface area contributed by atoms with Crippen molar-refractivity contribution in [3.8, 4) is 0 Å². The molecule has 6 nitrogen and oxygen atoms in total. The van der Waals surface area contributed by atoms with Crippen LogP contribution in [0.25, 0.3) is 0 Å². The molecule has 0 N–H and O–H groups in total. The molecule has 6 heteroatoms. The Kier molecular flexibility index (Phi) is 15.8. The zero-order valence-electron chi connectivity index (χ0n) is 12.7. The fourth-order valence-corrected chi connectivity index (χ4v) is 1.33. The SMILES string of the molecule is CCCOCCOCCOCCOCCCC(=O)OC. The number of rotatable bonds is 15. The second kappa shape index (κ2) is 16.4. The Hall–Kier alpha value is -0.690. The van der Waals surface area contributed by atoms with Crippen LogP contribution in [0.5, 0.6) is 0 Å². The molecule has 0 atom stereocenters. The minimum atomic E-state index is -0.204. The van der Waals surface area contributed by atoms with Crippen LogP contribution in [0.4, 0.5) is 0 Å². The van der Waals surface area contributed by atoms with Crippen LogP contribution >= 0.6 is 0 Å². The second-order valence-electron chi connectivity index (χ2n) is 4.13. The van der Waals surface area contributed by atoms with E-state index < -0.39 is 0 Å². The van der Waals surface area contributed by atoms with Gasteiger partial charge in [0, 0.05) is 19.6 Å². The molecule has 0 heterocycles. The monoisotopic (exact) mass is 292 g/mol. The molecule has 0 aliphatic heterocycles.